The quantitative estimate of drug-likeness (QED) is 0.812. The summed E-state index contributed by atoms with van der Waals surface area (Å²) in [5, 5.41) is 2.25. The van der Waals surface area contributed by atoms with Crippen molar-refractivity contribution < 1.29 is 22.7 Å². The number of amides is 1. The van der Waals surface area contributed by atoms with E-state index in [9.17, 15) is 18.0 Å². The second kappa shape index (κ2) is 7.56. The van der Waals surface area contributed by atoms with Gasteiger partial charge in [0.1, 0.15) is 0 Å². The van der Waals surface area contributed by atoms with E-state index in [1.807, 2.05) is 0 Å². The molecule has 0 bridgehead atoms. The van der Waals surface area contributed by atoms with Gasteiger partial charge in [0.05, 0.1) is 0 Å². The first-order valence-electron chi connectivity index (χ1n) is 4.46. The Morgan fingerprint density at radius 3 is 2.25 bits per heavy atom. The molecular formula is C8H16ClF3N2O2. The lowest BCUT2D eigenvalue weighted by molar-refractivity contribution is -0.160. The van der Waals surface area contributed by atoms with Crippen LogP contribution in [0.3, 0.4) is 0 Å². The summed E-state index contributed by atoms with van der Waals surface area (Å²) in [5.74, 6) is 0.0356. The number of carbonyl (C=O) groups is 1. The molecule has 0 fully saturated rings. The van der Waals surface area contributed by atoms with Crippen molar-refractivity contribution in [3.63, 3.8) is 0 Å². The van der Waals surface area contributed by atoms with Crippen molar-refractivity contribution in [1.82, 2.24) is 5.32 Å². The molecule has 16 heavy (non-hydrogen) atoms. The van der Waals surface area contributed by atoms with Gasteiger partial charge in [0.2, 0.25) is 0 Å². The van der Waals surface area contributed by atoms with Crippen molar-refractivity contribution >= 4 is 18.5 Å². The molecule has 0 saturated heterocycles. The number of nitrogens with one attached hydrogen (secondary N) is 1. The third kappa shape index (κ3) is 8.60. The van der Waals surface area contributed by atoms with Crippen LogP contribution in [0.25, 0.3) is 0 Å². The van der Waals surface area contributed by atoms with Gasteiger partial charge in [-0.05, 0) is 5.92 Å². The number of halogens is 4. The number of hydrogen-bond acceptors (Lipinski definition) is 3. The van der Waals surface area contributed by atoms with Crippen LogP contribution in [-0.2, 0) is 4.74 Å². The summed E-state index contributed by atoms with van der Waals surface area (Å²) in [6.45, 7) is 2.15. The molecule has 0 aromatic heterocycles. The minimum absolute atomic E-state index is 0. The topological polar surface area (TPSA) is 64.3 Å². The highest BCUT2D eigenvalue weighted by molar-refractivity contribution is 5.85. The first-order valence-corrected chi connectivity index (χ1v) is 4.46. The van der Waals surface area contributed by atoms with Crippen LogP contribution in [-0.4, -0.2) is 31.5 Å². The predicted octanol–water partition coefficient (Wildman–Crippen LogP) is 1.68. The van der Waals surface area contributed by atoms with Gasteiger partial charge < -0.3 is 15.8 Å². The van der Waals surface area contributed by atoms with Crippen molar-refractivity contribution in [2.45, 2.75) is 26.1 Å². The van der Waals surface area contributed by atoms with Crippen LogP contribution in [0.15, 0.2) is 0 Å². The number of alkyl carbamates (subject to hydrolysis) is 1. The van der Waals surface area contributed by atoms with Crippen molar-refractivity contribution in [2.75, 3.05) is 13.2 Å². The first-order chi connectivity index (χ1) is 6.76. The molecule has 8 heteroatoms. The molecule has 0 aliphatic carbocycles. The smallest absolute Gasteiger partial charge is 0.422 e. The average Bonchev–Trinajstić information content (AvgIpc) is 2.09. The molecule has 4 nitrogen and oxygen atoms in total. The van der Waals surface area contributed by atoms with Gasteiger partial charge in [-0.1, -0.05) is 13.8 Å². The minimum atomic E-state index is -4.51. The van der Waals surface area contributed by atoms with Gasteiger partial charge in [-0.25, -0.2) is 4.79 Å². The summed E-state index contributed by atoms with van der Waals surface area (Å²) >= 11 is 0. The Morgan fingerprint density at radius 2 is 1.94 bits per heavy atom. The SMILES string of the molecule is CC(C)[C@@H](CN)NC(=O)OCC(F)(F)F.Cl. The van der Waals surface area contributed by atoms with Crippen molar-refractivity contribution in [3.05, 3.63) is 0 Å². The molecule has 0 aliphatic heterocycles. The lowest BCUT2D eigenvalue weighted by Gasteiger charge is -2.20. The first kappa shape index (κ1) is 17.7. The monoisotopic (exact) mass is 264 g/mol. The molecule has 0 saturated carbocycles. The maximum atomic E-state index is 11.7. The summed E-state index contributed by atoms with van der Waals surface area (Å²) < 4.78 is 39.0. The largest absolute Gasteiger partial charge is 0.440 e. The second-order valence-electron chi connectivity index (χ2n) is 3.42. The highest BCUT2D eigenvalue weighted by atomic mass is 35.5. The Labute approximate surface area is 98.1 Å². The van der Waals surface area contributed by atoms with E-state index >= 15 is 0 Å². The molecule has 1 atom stereocenters. The lowest BCUT2D eigenvalue weighted by atomic mass is 10.1. The van der Waals surface area contributed by atoms with Gasteiger partial charge in [0.25, 0.3) is 0 Å². The van der Waals surface area contributed by atoms with E-state index in [4.69, 9.17) is 5.73 Å². The summed E-state index contributed by atoms with van der Waals surface area (Å²) in [6, 6.07) is -0.384. The highest BCUT2D eigenvalue weighted by Crippen LogP contribution is 2.14. The molecule has 0 heterocycles. The van der Waals surface area contributed by atoms with Crippen molar-refractivity contribution in [1.29, 1.82) is 0 Å². The van der Waals surface area contributed by atoms with E-state index in [1.165, 1.54) is 0 Å². The number of rotatable bonds is 4. The molecule has 0 spiro atoms. The standard InChI is InChI=1S/C8H15F3N2O2.ClH/c1-5(2)6(3-12)13-7(14)15-4-8(9,10)11;/h5-6H,3-4,12H2,1-2H3,(H,13,14);1H/t6-;/m1./s1. The van der Waals surface area contributed by atoms with E-state index in [-0.39, 0.29) is 30.9 Å². The van der Waals surface area contributed by atoms with Crippen LogP contribution in [0, 0.1) is 5.92 Å². The Balaban J connectivity index is 0. The zero-order valence-corrected chi connectivity index (χ0v) is 9.82. The molecule has 0 unspecified atom stereocenters. The van der Waals surface area contributed by atoms with Crippen LogP contribution >= 0.6 is 12.4 Å². The van der Waals surface area contributed by atoms with E-state index in [1.54, 1.807) is 13.8 Å². The Hall–Kier alpha value is -0.690. The van der Waals surface area contributed by atoms with Crippen LogP contribution in [0.4, 0.5) is 18.0 Å². The third-order valence-corrected chi connectivity index (χ3v) is 1.73. The number of carbonyl (C=O) groups excluding carboxylic acids is 1. The highest BCUT2D eigenvalue weighted by Gasteiger charge is 2.30. The van der Waals surface area contributed by atoms with E-state index in [2.05, 4.69) is 10.1 Å². The average molecular weight is 265 g/mol. The minimum Gasteiger partial charge on any atom is -0.440 e. The summed E-state index contributed by atoms with van der Waals surface area (Å²) in [4.78, 5) is 10.9. The number of hydrogen-bond donors (Lipinski definition) is 2. The third-order valence-electron chi connectivity index (χ3n) is 1.73. The summed E-state index contributed by atoms with van der Waals surface area (Å²) in [5.41, 5.74) is 5.31. The molecule has 0 aromatic rings. The van der Waals surface area contributed by atoms with E-state index in [0.29, 0.717) is 0 Å². The van der Waals surface area contributed by atoms with Gasteiger partial charge in [0.15, 0.2) is 6.61 Å². The summed E-state index contributed by atoms with van der Waals surface area (Å²) in [7, 11) is 0. The number of alkyl halides is 3. The van der Waals surface area contributed by atoms with Gasteiger partial charge in [-0.3, -0.25) is 0 Å². The van der Waals surface area contributed by atoms with Crippen LogP contribution < -0.4 is 11.1 Å². The maximum Gasteiger partial charge on any atom is 0.422 e. The molecular weight excluding hydrogens is 249 g/mol. The van der Waals surface area contributed by atoms with Crippen molar-refractivity contribution in [3.8, 4) is 0 Å². The van der Waals surface area contributed by atoms with Gasteiger partial charge >= 0.3 is 12.3 Å². The maximum absolute atomic E-state index is 11.7. The van der Waals surface area contributed by atoms with Gasteiger partial charge in [-0.2, -0.15) is 13.2 Å². The Kier molecular flexibility index (Phi) is 8.36. The molecule has 1 amide bonds. The molecule has 0 radical (unpaired) electrons. The molecule has 3 N–H and O–H groups in total. The van der Waals surface area contributed by atoms with Crippen LogP contribution in [0.1, 0.15) is 13.8 Å². The fourth-order valence-corrected chi connectivity index (χ4v) is 0.838. The van der Waals surface area contributed by atoms with E-state index < -0.39 is 18.9 Å². The van der Waals surface area contributed by atoms with Gasteiger partial charge in [0, 0.05) is 12.6 Å². The fraction of sp³-hybridized carbons (Fsp3) is 0.875. The number of nitrogens with two attached hydrogens (primary N) is 1. The van der Waals surface area contributed by atoms with Crippen LogP contribution in [0.2, 0.25) is 0 Å². The molecule has 0 aromatic carbocycles. The number of ether oxygens (including phenoxy) is 1. The Bertz CT molecular complexity index is 212. The normalized spacial score (nSPS) is 12.9. The van der Waals surface area contributed by atoms with Crippen molar-refractivity contribution in [2.24, 2.45) is 11.7 Å². The van der Waals surface area contributed by atoms with E-state index in [0.717, 1.165) is 0 Å². The van der Waals surface area contributed by atoms with Gasteiger partial charge in [-0.15, -0.1) is 12.4 Å². The summed E-state index contributed by atoms with van der Waals surface area (Å²) in [6.07, 6.45) is -5.61. The predicted molar refractivity (Wildman–Crippen MR) is 55.5 cm³/mol. The fourth-order valence-electron chi connectivity index (χ4n) is 0.838. The molecule has 0 aliphatic rings. The lowest BCUT2D eigenvalue weighted by Crippen LogP contribution is -2.44. The second-order valence-corrected chi connectivity index (χ2v) is 3.42. The Morgan fingerprint density at radius 1 is 1.44 bits per heavy atom. The van der Waals surface area contributed by atoms with Crippen LogP contribution in [0.5, 0.6) is 0 Å². The zero-order valence-electron chi connectivity index (χ0n) is 9.00. The molecule has 0 rings (SSSR count). The molecule has 98 valence electrons. The zero-order chi connectivity index (χ0) is 12.1.